The van der Waals surface area contributed by atoms with Gasteiger partial charge in [0.1, 0.15) is 22.3 Å². The van der Waals surface area contributed by atoms with E-state index in [1.807, 2.05) is 0 Å². The maximum atomic E-state index is 6.48. The molecule has 5 nitrogen and oxygen atoms in total. The van der Waals surface area contributed by atoms with Crippen molar-refractivity contribution in [1.29, 1.82) is 0 Å². The molecule has 5 aromatic heterocycles. The maximum Gasteiger partial charge on any atom is 0.135 e. The van der Waals surface area contributed by atoms with Crippen molar-refractivity contribution in [2.45, 2.75) is 6.92 Å². The number of benzene rings is 9. The Balaban J connectivity index is 0.823. The molecule has 9 aromatic carbocycles. The maximum absolute atomic E-state index is 6.48. The van der Waals surface area contributed by atoms with Gasteiger partial charge in [0.05, 0.1) is 0 Å². The van der Waals surface area contributed by atoms with Gasteiger partial charge in [-0.15, -0.1) is 34.0 Å². The summed E-state index contributed by atoms with van der Waals surface area (Å²) in [5.74, 6) is 0. The molecule has 0 amide bonds. The van der Waals surface area contributed by atoms with E-state index in [-0.39, 0.29) is 0 Å². The average Bonchev–Trinajstić information content (AvgIpc) is 4.27. The van der Waals surface area contributed by atoms with Gasteiger partial charge in [-0.05, 0) is 214 Å². The number of furan rings is 2. The molecule has 0 radical (unpaired) electrons. The van der Waals surface area contributed by atoms with E-state index in [2.05, 4.69) is 239 Å². The molecule has 14 aromatic rings. The fourth-order valence-electron chi connectivity index (χ4n) is 10.1. The van der Waals surface area contributed by atoms with Crippen LogP contribution in [0.3, 0.4) is 0 Å². The van der Waals surface area contributed by atoms with Crippen molar-refractivity contribution in [3.8, 4) is 11.1 Å². The lowest BCUT2D eigenvalue weighted by molar-refractivity contribution is 0.668. The number of aryl methyl sites for hydroxylation is 1. The third-order valence-corrected chi connectivity index (χ3v) is 16.4. The van der Waals surface area contributed by atoms with Crippen molar-refractivity contribution in [3.63, 3.8) is 0 Å². The van der Waals surface area contributed by atoms with Crippen molar-refractivity contribution in [2.75, 3.05) is 21.7 Å². The van der Waals surface area contributed by atoms with Crippen LogP contribution in [0.5, 0.6) is 0 Å². The minimum Gasteiger partial charge on any atom is -0.456 e. The SMILES string of the molecule is Cc1ccc2oc3ccc(N(c4ccc(-c5ccc(N(c6ccc7sccc7c6)c6ccc7oc8ccc(N(C)c9ccc%10sccc%10c9)cc8c7c6)cc5)cc4)c4ccc5sccc5c4)cc3c2c1. The van der Waals surface area contributed by atoms with E-state index in [0.717, 1.165) is 101 Å². The fourth-order valence-corrected chi connectivity index (χ4v) is 12.4. The summed E-state index contributed by atoms with van der Waals surface area (Å²) in [6.07, 6.45) is 0. The van der Waals surface area contributed by atoms with Crippen molar-refractivity contribution >= 4 is 154 Å². The molecule has 0 fully saturated rings. The Hall–Kier alpha value is -8.14. The first-order chi connectivity index (χ1) is 34.4. The Morgan fingerprint density at radius 2 is 0.643 bits per heavy atom. The topological polar surface area (TPSA) is 36.0 Å². The standard InChI is InChI=1S/C62H41N3O2S3/c1-38-3-18-56-52(31-38)54-36-50(13-20-58(54)66-56)64(48-16-23-61-42(33-48)26-29-69-61)44-8-4-39(5-9-44)40-6-10-45(11-7-40)65(49-17-24-62-43(34-49)27-30-70-62)51-14-21-59-55(37-51)53-35-47(12-19-57(53)67-59)63(2)46-15-22-60-41(32-46)25-28-68-60/h3-37H,1-2H3. The summed E-state index contributed by atoms with van der Waals surface area (Å²) in [6, 6.07) is 70.7. The Labute approximate surface area is 415 Å². The van der Waals surface area contributed by atoms with Crippen LogP contribution in [0.4, 0.5) is 45.5 Å². The molecule has 5 heterocycles. The molecule has 0 unspecified atom stereocenters. The van der Waals surface area contributed by atoms with Crippen molar-refractivity contribution in [3.05, 3.63) is 216 Å². The highest BCUT2D eigenvalue weighted by atomic mass is 32.1. The summed E-state index contributed by atoms with van der Waals surface area (Å²) in [4.78, 5) is 6.96. The van der Waals surface area contributed by atoms with Crippen LogP contribution in [0.15, 0.2) is 219 Å². The largest absolute Gasteiger partial charge is 0.456 e. The van der Waals surface area contributed by atoms with E-state index in [1.165, 1.54) is 35.8 Å². The lowest BCUT2D eigenvalue weighted by Crippen LogP contribution is -2.10. The number of thiophene rings is 3. The zero-order chi connectivity index (χ0) is 46.5. The lowest BCUT2D eigenvalue weighted by Gasteiger charge is -2.26. The zero-order valence-corrected chi connectivity index (χ0v) is 40.5. The molecule has 14 rings (SSSR count). The number of fused-ring (bicyclic) bond motifs is 9. The first-order valence-corrected chi connectivity index (χ1v) is 25.9. The summed E-state index contributed by atoms with van der Waals surface area (Å²) < 4.78 is 16.6. The second kappa shape index (κ2) is 16.2. The minimum atomic E-state index is 0.862. The highest BCUT2D eigenvalue weighted by Gasteiger charge is 2.20. The molecule has 334 valence electrons. The molecule has 0 atom stereocenters. The van der Waals surface area contributed by atoms with Gasteiger partial charge in [0.2, 0.25) is 0 Å². The summed E-state index contributed by atoms with van der Waals surface area (Å²) in [6.45, 7) is 2.13. The van der Waals surface area contributed by atoms with Gasteiger partial charge in [-0.3, -0.25) is 0 Å². The molecule has 70 heavy (non-hydrogen) atoms. The van der Waals surface area contributed by atoms with Gasteiger partial charge in [0, 0.05) is 88.2 Å². The summed E-state index contributed by atoms with van der Waals surface area (Å²) >= 11 is 5.31. The van der Waals surface area contributed by atoms with E-state index >= 15 is 0 Å². The third-order valence-electron chi connectivity index (χ3n) is 13.7. The predicted molar refractivity (Wildman–Crippen MR) is 301 cm³/mol. The van der Waals surface area contributed by atoms with Crippen LogP contribution in [0.25, 0.3) is 85.3 Å². The van der Waals surface area contributed by atoms with Crippen molar-refractivity contribution in [2.24, 2.45) is 0 Å². The normalized spacial score (nSPS) is 11.9. The Kier molecular flexibility index (Phi) is 9.49. The van der Waals surface area contributed by atoms with Crippen LogP contribution in [0, 0.1) is 6.92 Å². The fraction of sp³-hybridized carbons (Fsp3) is 0.0323. The number of nitrogens with zero attached hydrogens (tertiary/aromatic N) is 3. The summed E-state index contributed by atoms with van der Waals surface area (Å²) in [5.41, 5.74) is 15.7. The van der Waals surface area contributed by atoms with Crippen molar-refractivity contribution < 1.29 is 8.83 Å². The second-order valence-corrected chi connectivity index (χ2v) is 20.8. The highest BCUT2D eigenvalue weighted by molar-refractivity contribution is 7.17. The monoisotopic (exact) mass is 955 g/mol. The third kappa shape index (κ3) is 6.94. The quantitative estimate of drug-likeness (QED) is 0.144. The first-order valence-electron chi connectivity index (χ1n) is 23.3. The number of rotatable bonds is 9. The summed E-state index contributed by atoms with van der Waals surface area (Å²) in [7, 11) is 2.13. The number of hydrogen-bond acceptors (Lipinski definition) is 8. The molecule has 0 spiro atoms. The van der Waals surface area contributed by atoms with Gasteiger partial charge in [0.15, 0.2) is 0 Å². The van der Waals surface area contributed by atoms with Crippen LogP contribution >= 0.6 is 34.0 Å². The van der Waals surface area contributed by atoms with Crippen LogP contribution in [-0.2, 0) is 0 Å². The molecule has 0 N–H and O–H groups in total. The van der Waals surface area contributed by atoms with E-state index in [0.29, 0.717) is 0 Å². The van der Waals surface area contributed by atoms with Gasteiger partial charge in [-0.1, -0.05) is 35.9 Å². The van der Waals surface area contributed by atoms with Crippen LogP contribution in [-0.4, -0.2) is 7.05 Å². The molecule has 0 saturated heterocycles. The minimum absolute atomic E-state index is 0.862. The zero-order valence-electron chi connectivity index (χ0n) is 38.1. The second-order valence-electron chi connectivity index (χ2n) is 18.0. The van der Waals surface area contributed by atoms with Crippen LogP contribution < -0.4 is 14.7 Å². The molecule has 0 aliphatic heterocycles. The van der Waals surface area contributed by atoms with Crippen LogP contribution in [0.2, 0.25) is 0 Å². The smallest absolute Gasteiger partial charge is 0.135 e. The predicted octanol–water partition coefficient (Wildman–Crippen LogP) is 19.8. The van der Waals surface area contributed by atoms with E-state index < -0.39 is 0 Å². The Bertz CT molecular complexity index is 4310. The molecule has 0 saturated carbocycles. The first kappa shape index (κ1) is 40.9. The Morgan fingerprint density at radius 1 is 0.314 bits per heavy atom. The molecule has 0 aliphatic carbocycles. The molecular formula is C62H41N3O2S3. The van der Waals surface area contributed by atoms with Gasteiger partial charge in [-0.25, -0.2) is 0 Å². The van der Waals surface area contributed by atoms with Crippen LogP contribution in [0.1, 0.15) is 5.56 Å². The lowest BCUT2D eigenvalue weighted by atomic mass is 10.0. The van der Waals surface area contributed by atoms with Gasteiger partial charge in [-0.2, -0.15) is 0 Å². The highest BCUT2D eigenvalue weighted by Crippen LogP contribution is 2.44. The van der Waals surface area contributed by atoms with Gasteiger partial charge in [0.25, 0.3) is 0 Å². The number of hydrogen-bond donors (Lipinski definition) is 0. The van der Waals surface area contributed by atoms with Gasteiger partial charge < -0.3 is 23.5 Å². The molecule has 0 bridgehead atoms. The molecule has 0 aliphatic rings. The van der Waals surface area contributed by atoms with E-state index in [1.54, 1.807) is 34.0 Å². The Morgan fingerprint density at radius 3 is 1.11 bits per heavy atom. The van der Waals surface area contributed by atoms with Crippen molar-refractivity contribution in [1.82, 2.24) is 0 Å². The summed E-state index contributed by atoms with van der Waals surface area (Å²) in [5, 5.41) is 14.6. The van der Waals surface area contributed by atoms with E-state index in [9.17, 15) is 0 Å². The molecular weight excluding hydrogens is 915 g/mol. The van der Waals surface area contributed by atoms with Gasteiger partial charge >= 0.3 is 0 Å². The average molecular weight is 956 g/mol. The number of anilines is 8. The molecule has 8 heteroatoms. The van der Waals surface area contributed by atoms with E-state index in [4.69, 9.17) is 8.83 Å².